The van der Waals surface area contributed by atoms with Crippen molar-refractivity contribution >= 4 is 37.9 Å². The molecular weight excluding hydrogens is 330 g/mol. The van der Waals surface area contributed by atoms with Crippen LogP contribution in [0.1, 0.15) is 5.56 Å². The first-order chi connectivity index (χ1) is 7.04. The van der Waals surface area contributed by atoms with Gasteiger partial charge in [0.25, 0.3) is 0 Å². The first-order valence-electron chi connectivity index (χ1n) is 3.89. The van der Waals surface area contributed by atoms with Crippen molar-refractivity contribution in [2.24, 2.45) is 0 Å². The lowest BCUT2D eigenvalue weighted by Gasteiger charge is -2.07. The highest BCUT2D eigenvalue weighted by Crippen LogP contribution is 2.33. The number of benzene rings is 1. The molecule has 0 saturated heterocycles. The second kappa shape index (κ2) is 5.27. The van der Waals surface area contributed by atoms with Gasteiger partial charge in [0, 0.05) is 16.1 Å². The van der Waals surface area contributed by atoms with Crippen molar-refractivity contribution < 1.29 is 9.66 Å². The van der Waals surface area contributed by atoms with E-state index in [1.165, 1.54) is 13.2 Å². The molecule has 0 unspecified atom stereocenters. The van der Waals surface area contributed by atoms with Crippen LogP contribution in [0.2, 0.25) is 0 Å². The van der Waals surface area contributed by atoms with Crippen molar-refractivity contribution in [3.05, 3.63) is 43.0 Å². The molecule has 0 heterocycles. The van der Waals surface area contributed by atoms with Gasteiger partial charge in [-0.3, -0.25) is 10.1 Å². The van der Waals surface area contributed by atoms with Crippen LogP contribution in [-0.4, -0.2) is 12.0 Å². The molecule has 15 heavy (non-hydrogen) atoms. The maximum Gasteiger partial charge on any atom is 0.235 e. The molecule has 0 saturated carbocycles. The van der Waals surface area contributed by atoms with Crippen LogP contribution in [0.25, 0.3) is 6.08 Å². The van der Waals surface area contributed by atoms with Gasteiger partial charge in [-0.05, 0) is 28.1 Å². The lowest BCUT2D eigenvalue weighted by molar-refractivity contribution is -0.400. The number of hydrogen-bond acceptors (Lipinski definition) is 3. The SMILES string of the molecule is COc1c(Br)cc(Br)cc1C=C[N+](=O)[O-]. The quantitative estimate of drug-likeness (QED) is 0.627. The summed E-state index contributed by atoms with van der Waals surface area (Å²) in [5.74, 6) is 0.566. The van der Waals surface area contributed by atoms with E-state index >= 15 is 0 Å². The van der Waals surface area contributed by atoms with E-state index in [0.29, 0.717) is 11.3 Å². The summed E-state index contributed by atoms with van der Waals surface area (Å²) < 4.78 is 6.68. The first-order valence-corrected chi connectivity index (χ1v) is 5.48. The third kappa shape index (κ3) is 3.32. The van der Waals surface area contributed by atoms with E-state index in [0.717, 1.165) is 15.1 Å². The first kappa shape index (κ1) is 12.2. The summed E-state index contributed by atoms with van der Waals surface area (Å²) in [6, 6.07) is 3.55. The molecule has 0 amide bonds. The topological polar surface area (TPSA) is 52.4 Å². The Morgan fingerprint density at radius 1 is 1.47 bits per heavy atom. The van der Waals surface area contributed by atoms with Crippen molar-refractivity contribution in [1.29, 1.82) is 0 Å². The summed E-state index contributed by atoms with van der Waals surface area (Å²) in [7, 11) is 1.51. The van der Waals surface area contributed by atoms with Gasteiger partial charge < -0.3 is 4.74 Å². The second-order valence-electron chi connectivity index (χ2n) is 2.61. The lowest BCUT2D eigenvalue weighted by atomic mass is 10.2. The zero-order valence-corrected chi connectivity index (χ0v) is 10.9. The van der Waals surface area contributed by atoms with E-state index in [-0.39, 0.29) is 0 Å². The largest absolute Gasteiger partial charge is 0.495 e. The number of methoxy groups -OCH3 is 1. The Morgan fingerprint density at radius 3 is 2.67 bits per heavy atom. The predicted octanol–water partition coefficient (Wildman–Crippen LogP) is 3.47. The Kier molecular flexibility index (Phi) is 4.28. The summed E-state index contributed by atoms with van der Waals surface area (Å²) >= 11 is 6.60. The van der Waals surface area contributed by atoms with Crippen molar-refractivity contribution in [1.82, 2.24) is 0 Å². The average molecular weight is 337 g/mol. The zero-order chi connectivity index (χ0) is 11.4. The Balaban J connectivity index is 3.20. The molecule has 4 nitrogen and oxygen atoms in total. The van der Waals surface area contributed by atoms with Crippen molar-refractivity contribution in [3.63, 3.8) is 0 Å². The molecule has 0 spiro atoms. The minimum absolute atomic E-state index is 0.520. The minimum Gasteiger partial charge on any atom is -0.495 e. The van der Waals surface area contributed by atoms with E-state index in [1.807, 2.05) is 6.07 Å². The standard InChI is InChI=1S/C9H7Br2NO3/c1-15-9-6(2-3-12(13)14)4-7(10)5-8(9)11/h2-5H,1H3. The molecule has 1 aromatic rings. The van der Waals surface area contributed by atoms with Gasteiger partial charge in [0.05, 0.1) is 16.5 Å². The maximum atomic E-state index is 10.2. The predicted molar refractivity (Wildman–Crippen MR) is 64.4 cm³/mol. The molecule has 1 rings (SSSR count). The molecule has 80 valence electrons. The monoisotopic (exact) mass is 335 g/mol. The summed E-state index contributed by atoms with van der Waals surface area (Å²) in [6.45, 7) is 0. The molecule has 0 N–H and O–H groups in total. The van der Waals surface area contributed by atoms with Crippen LogP contribution in [-0.2, 0) is 0 Å². The van der Waals surface area contributed by atoms with Gasteiger partial charge in [0.1, 0.15) is 5.75 Å². The van der Waals surface area contributed by atoms with Crippen LogP contribution in [0.5, 0.6) is 5.75 Å². The van der Waals surface area contributed by atoms with E-state index in [4.69, 9.17) is 4.74 Å². The Labute approximate surface area is 103 Å². The Morgan fingerprint density at radius 2 is 2.13 bits per heavy atom. The summed E-state index contributed by atoms with van der Waals surface area (Å²) in [6.07, 6.45) is 2.26. The second-order valence-corrected chi connectivity index (χ2v) is 4.38. The molecule has 0 fully saturated rings. The molecule has 0 aliphatic rings. The Bertz CT molecular complexity index is 418. The molecule has 0 bridgehead atoms. The van der Waals surface area contributed by atoms with Crippen LogP contribution in [0.15, 0.2) is 27.3 Å². The van der Waals surface area contributed by atoms with E-state index in [1.54, 1.807) is 6.07 Å². The molecule has 0 atom stereocenters. The average Bonchev–Trinajstić information content (AvgIpc) is 2.13. The third-order valence-corrected chi connectivity index (χ3v) is 2.66. The van der Waals surface area contributed by atoms with E-state index in [2.05, 4.69) is 31.9 Å². The molecule has 6 heteroatoms. The fourth-order valence-electron chi connectivity index (χ4n) is 1.06. The molecule has 0 aliphatic heterocycles. The van der Waals surface area contributed by atoms with E-state index < -0.39 is 4.92 Å². The van der Waals surface area contributed by atoms with Gasteiger partial charge in [0.15, 0.2) is 0 Å². The smallest absolute Gasteiger partial charge is 0.235 e. The number of hydrogen-bond donors (Lipinski definition) is 0. The van der Waals surface area contributed by atoms with Crippen LogP contribution >= 0.6 is 31.9 Å². The highest BCUT2D eigenvalue weighted by molar-refractivity contribution is 9.11. The maximum absolute atomic E-state index is 10.2. The van der Waals surface area contributed by atoms with Gasteiger partial charge in [-0.15, -0.1) is 0 Å². The van der Waals surface area contributed by atoms with E-state index in [9.17, 15) is 10.1 Å². The fourth-order valence-corrected chi connectivity index (χ4v) is 2.48. The number of nitrogens with zero attached hydrogens (tertiary/aromatic N) is 1. The highest BCUT2D eigenvalue weighted by atomic mass is 79.9. The fraction of sp³-hybridized carbons (Fsp3) is 0.111. The van der Waals surface area contributed by atoms with Crippen LogP contribution in [0.3, 0.4) is 0 Å². The van der Waals surface area contributed by atoms with Crippen molar-refractivity contribution in [2.75, 3.05) is 7.11 Å². The minimum atomic E-state index is -0.520. The summed E-state index contributed by atoms with van der Waals surface area (Å²) in [4.78, 5) is 9.68. The summed E-state index contributed by atoms with van der Waals surface area (Å²) in [5.41, 5.74) is 0.635. The number of halogens is 2. The normalized spacial score (nSPS) is 10.6. The molecule has 0 aromatic heterocycles. The van der Waals surface area contributed by atoms with Gasteiger partial charge in [-0.2, -0.15) is 0 Å². The van der Waals surface area contributed by atoms with Gasteiger partial charge >= 0.3 is 0 Å². The van der Waals surface area contributed by atoms with Crippen molar-refractivity contribution in [3.8, 4) is 5.75 Å². The Hall–Kier alpha value is -0.880. The molecule has 1 aromatic carbocycles. The van der Waals surface area contributed by atoms with Gasteiger partial charge in [-0.25, -0.2) is 0 Å². The molecule has 0 aliphatic carbocycles. The zero-order valence-electron chi connectivity index (χ0n) is 7.74. The van der Waals surface area contributed by atoms with Crippen LogP contribution in [0.4, 0.5) is 0 Å². The number of nitro groups is 1. The lowest BCUT2D eigenvalue weighted by Crippen LogP contribution is -1.90. The molecule has 0 radical (unpaired) electrons. The van der Waals surface area contributed by atoms with Gasteiger partial charge in [0.2, 0.25) is 6.20 Å². The highest BCUT2D eigenvalue weighted by Gasteiger charge is 2.07. The summed E-state index contributed by atoms with van der Waals surface area (Å²) in [5, 5.41) is 10.2. The number of ether oxygens (including phenoxy) is 1. The van der Waals surface area contributed by atoms with Crippen LogP contribution < -0.4 is 4.74 Å². The van der Waals surface area contributed by atoms with Crippen LogP contribution in [0, 0.1) is 10.1 Å². The number of rotatable bonds is 3. The van der Waals surface area contributed by atoms with Gasteiger partial charge in [-0.1, -0.05) is 15.9 Å². The molecular formula is C9H7Br2NO3. The van der Waals surface area contributed by atoms with Crippen molar-refractivity contribution in [2.45, 2.75) is 0 Å². The third-order valence-electron chi connectivity index (χ3n) is 1.62.